The summed E-state index contributed by atoms with van der Waals surface area (Å²) in [5.74, 6) is 0.106. The van der Waals surface area contributed by atoms with E-state index in [0.29, 0.717) is 18.4 Å². The van der Waals surface area contributed by atoms with Crippen molar-refractivity contribution in [3.05, 3.63) is 0 Å². The molecule has 0 amide bonds. The summed E-state index contributed by atoms with van der Waals surface area (Å²) in [6, 6.07) is 0. The zero-order valence-corrected chi connectivity index (χ0v) is 7.12. The Morgan fingerprint density at radius 3 is 1.92 bits per heavy atom. The van der Waals surface area contributed by atoms with Gasteiger partial charge in [-0.2, -0.15) is 0 Å². The maximum absolute atomic E-state index is 11.1. The minimum atomic E-state index is -0.657. The molecule has 2 aliphatic carbocycles. The van der Waals surface area contributed by atoms with Crippen molar-refractivity contribution in [3.63, 3.8) is 0 Å². The van der Waals surface area contributed by atoms with Crippen molar-refractivity contribution in [2.45, 2.75) is 25.7 Å². The number of carboxylic acid groups (broad SMARTS) is 1. The zero-order chi connectivity index (χ0) is 8.77. The molecule has 0 atom stereocenters. The normalized spacial score (nSPS) is 24.1. The molecule has 2 saturated carbocycles. The van der Waals surface area contributed by atoms with E-state index >= 15 is 0 Å². The van der Waals surface area contributed by atoms with E-state index in [4.69, 9.17) is 10.8 Å². The Balaban J connectivity index is 2.21. The summed E-state index contributed by atoms with van der Waals surface area (Å²) in [6.45, 7) is 0.331. The number of nitrogens with two attached hydrogens (primary N) is 1. The summed E-state index contributed by atoms with van der Waals surface area (Å²) in [6.07, 6.45) is 4.28. The van der Waals surface area contributed by atoms with Crippen LogP contribution in [0.1, 0.15) is 25.7 Å². The first-order valence-electron chi connectivity index (χ1n) is 4.65. The lowest BCUT2D eigenvalue weighted by atomic mass is 9.78. The topological polar surface area (TPSA) is 63.3 Å². The van der Waals surface area contributed by atoms with E-state index in [9.17, 15) is 4.79 Å². The molecule has 68 valence electrons. The van der Waals surface area contributed by atoms with Crippen LogP contribution in [0.3, 0.4) is 0 Å². The van der Waals surface area contributed by atoms with Gasteiger partial charge in [0.15, 0.2) is 0 Å². The van der Waals surface area contributed by atoms with E-state index in [1.807, 2.05) is 0 Å². The number of hydrogen-bond acceptors (Lipinski definition) is 2. The molecule has 3 N–H and O–H groups in total. The second kappa shape index (κ2) is 2.46. The van der Waals surface area contributed by atoms with Gasteiger partial charge in [0.1, 0.15) is 0 Å². The Morgan fingerprint density at radius 2 is 1.75 bits per heavy atom. The fourth-order valence-electron chi connectivity index (χ4n) is 2.30. The molecular weight excluding hydrogens is 154 g/mol. The minimum absolute atomic E-state index is 0.331. The van der Waals surface area contributed by atoms with Gasteiger partial charge in [-0.15, -0.1) is 0 Å². The van der Waals surface area contributed by atoms with Gasteiger partial charge in [0.2, 0.25) is 0 Å². The summed E-state index contributed by atoms with van der Waals surface area (Å²) in [7, 11) is 0. The number of carbonyl (C=O) groups is 1. The van der Waals surface area contributed by atoms with Gasteiger partial charge in [-0.05, 0) is 37.5 Å². The van der Waals surface area contributed by atoms with Crippen molar-refractivity contribution in [1.29, 1.82) is 0 Å². The lowest BCUT2D eigenvalue weighted by molar-refractivity contribution is -0.151. The largest absolute Gasteiger partial charge is 0.481 e. The number of rotatable bonds is 4. The number of hydrogen-bond donors (Lipinski definition) is 2. The Bertz CT molecular complexity index is 195. The second-order valence-corrected chi connectivity index (χ2v) is 4.10. The predicted octanol–water partition coefficient (Wildman–Crippen LogP) is 0.836. The van der Waals surface area contributed by atoms with Crippen molar-refractivity contribution in [3.8, 4) is 0 Å². The lowest BCUT2D eigenvalue weighted by Gasteiger charge is -2.27. The van der Waals surface area contributed by atoms with Crippen LogP contribution in [-0.4, -0.2) is 17.6 Å². The van der Waals surface area contributed by atoms with Crippen LogP contribution < -0.4 is 5.73 Å². The van der Waals surface area contributed by atoms with E-state index in [-0.39, 0.29) is 0 Å². The molecule has 0 aromatic rings. The Morgan fingerprint density at radius 1 is 1.33 bits per heavy atom. The van der Waals surface area contributed by atoms with Crippen molar-refractivity contribution >= 4 is 5.97 Å². The fourth-order valence-corrected chi connectivity index (χ4v) is 2.30. The summed E-state index contributed by atoms with van der Waals surface area (Å²) >= 11 is 0. The highest BCUT2D eigenvalue weighted by molar-refractivity contribution is 5.77. The van der Waals surface area contributed by atoms with Gasteiger partial charge >= 0.3 is 5.97 Å². The van der Waals surface area contributed by atoms with Crippen molar-refractivity contribution in [2.75, 3.05) is 6.54 Å². The van der Waals surface area contributed by atoms with Gasteiger partial charge < -0.3 is 10.8 Å². The maximum atomic E-state index is 11.1. The van der Waals surface area contributed by atoms with Crippen molar-refractivity contribution in [2.24, 2.45) is 23.0 Å². The zero-order valence-electron chi connectivity index (χ0n) is 7.12. The van der Waals surface area contributed by atoms with Crippen LogP contribution in [0.4, 0.5) is 0 Å². The van der Waals surface area contributed by atoms with Gasteiger partial charge in [0, 0.05) is 6.54 Å². The standard InChI is InChI=1S/C9H15NO2/c10-5-9(8(11)12,6-1-2-6)7-3-4-7/h6-7H,1-5,10H2,(H,11,12). The van der Waals surface area contributed by atoms with Crippen LogP contribution in [0, 0.1) is 17.3 Å². The van der Waals surface area contributed by atoms with E-state index in [2.05, 4.69) is 0 Å². The quantitative estimate of drug-likeness (QED) is 0.655. The lowest BCUT2D eigenvalue weighted by Crippen LogP contribution is -2.42. The molecule has 2 fully saturated rings. The average molecular weight is 169 g/mol. The first kappa shape index (κ1) is 8.05. The molecule has 2 rings (SSSR count). The molecule has 2 aliphatic rings. The molecule has 0 unspecified atom stereocenters. The second-order valence-electron chi connectivity index (χ2n) is 4.10. The van der Waals surface area contributed by atoms with Crippen LogP contribution in [0.5, 0.6) is 0 Å². The van der Waals surface area contributed by atoms with Crippen LogP contribution in [-0.2, 0) is 4.79 Å². The molecule has 3 heteroatoms. The van der Waals surface area contributed by atoms with Gasteiger partial charge in [-0.25, -0.2) is 0 Å². The van der Waals surface area contributed by atoms with Gasteiger partial charge in [-0.1, -0.05) is 0 Å². The molecule has 0 aromatic heterocycles. The van der Waals surface area contributed by atoms with Crippen LogP contribution in [0.25, 0.3) is 0 Å². The minimum Gasteiger partial charge on any atom is -0.481 e. The van der Waals surface area contributed by atoms with Crippen LogP contribution in [0.2, 0.25) is 0 Å². The third kappa shape index (κ3) is 0.959. The Labute approximate surface area is 71.9 Å². The van der Waals surface area contributed by atoms with E-state index in [1.54, 1.807) is 0 Å². The number of carboxylic acids is 1. The van der Waals surface area contributed by atoms with Crippen molar-refractivity contribution in [1.82, 2.24) is 0 Å². The molecule has 0 saturated heterocycles. The SMILES string of the molecule is NCC(C(=O)O)(C1CC1)C1CC1. The van der Waals surface area contributed by atoms with E-state index < -0.39 is 11.4 Å². The highest BCUT2D eigenvalue weighted by Crippen LogP contribution is 2.57. The van der Waals surface area contributed by atoms with E-state index in [1.165, 1.54) is 0 Å². The highest BCUT2D eigenvalue weighted by Gasteiger charge is 2.58. The average Bonchev–Trinajstić information content (AvgIpc) is 2.84. The fraction of sp³-hybridized carbons (Fsp3) is 0.889. The monoisotopic (exact) mass is 169 g/mol. The van der Waals surface area contributed by atoms with Crippen LogP contribution in [0.15, 0.2) is 0 Å². The first-order chi connectivity index (χ1) is 5.71. The Hall–Kier alpha value is -0.570. The molecule has 12 heavy (non-hydrogen) atoms. The third-order valence-electron chi connectivity index (χ3n) is 3.35. The summed E-state index contributed by atoms with van der Waals surface area (Å²) in [5, 5.41) is 9.16. The molecular formula is C9H15NO2. The molecule has 3 nitrogen and oxygen atoms in total. The first-order valence-corrected chi connectivity index (χ1v) is 4.65. The molecule has 0 heterocycles. The van der Waals surface area contributed by atoms with Crippen molar-refractivity contribution < 1.29 is 9.90 Å². The summed E-state index contributed by atoms with van der Waals surface area (Å²) < 4.78 is 0. The predicted molar refractivity (Wildman–Crippen MR) is 44.6 cm³/mol. The molecule has 0 spiro atoms. The molecule has 0 bridgehead atoms. The molecule has 0 aliphatic heterocycles. The smallest absolute Gasteiger partial charge is 0.311 e. The third-order valence-corrected chi connectivity index (χ3v) is 3.35. The maximum Gasteiger partial charge on any atom is 0.311 e. The molecule has 0 aromatic carbocycles. The van der Waals surface area contributed by atoms with Gasteiger partial charge in [0.25, 0.3) is 0 Å². The summed E-state index contributed by atoms with van der Waals surface area (Å²) in [5.41, 5.74) is 5.07. The van der Waals surface area contributed by atoms with Crippen LogP contribution >= 0.6 is 0 Å². The van der Waals surface area contributed by atoms with Gasteiger partial charge in [0.05, 0.1) is 5.41 Å². The van der Waals surface area contributed by atoms with E-state index in [0.717, 1.165) is 25.7 Å². The molecule has 0 radical (unpaired) electrons. The highest BCUT2D eigenvalue weighted by atomic mass is 16.4. The Kier molecular flexibility index (Phi) is 1.65. The number of aliphatic carboxylic acids is 1. The van der Waals surface area contributed by atoms with Gasteiger partial charge in [-0.3, -0.25) is 4.79 Å². The summed E-state index contributed by atoms with van der Waals surface area (Å²) in [4.78, 5) is 11.1.